The van der Waals surface area contributed by atoms with E-state index in [1.165, 1.54) is 12.5 Å². The molecule has 0 aliphatic carbocycles. The maximum Gasteiger partial charge on any atom is 0.254 e. The van der Waals surface area contributed by atoms with Gasteiger partial charge in [0, 0.05) is 19.2 Å². The third-order valence-electron chi connectivity index (χ3n) is 2.97. The molecule has 92 valence electrons. The Morgan fingerprint density at radius 3 is 3.17 bits per heavy atom. The molecule has 0 atom stereocenters. The van der Waals surface area contributed by atoms with Gasteiger partial charge < -0.3 is 14.2 Å². The molecule has 2 aromatic rings. The molecule has 0 radical (unpaired) electrons. The first-order valence-corrected chi connectivity index (χ1v) is 5.63. The molecule has 5 nitrogen and oxygen atoms in total. The minimum Gasteiger partial charge on any atom is -0.484 e. The number of carbonyl (C=O) groups excluding carboxylic acids is 1. The minimum atomic E-state index is 0.0665. The van der Waals surface area contributed by atoms with E-state index in [9.17, 15) is 4.79 Å². The lowest BCUT2D eigenvalue weighted by molar-refractivity contribution is 0.0816. The van der Waals surface area contributed by atoms with Gasteiger partial charge in [0.25, 0.3) is 5.91 Å². The highest BCUT2D eigenvalue weighted by molar-refractivity contribution is 5.98. The van der Waals surface area contributed by atoms with Crippen molar-refractivity contribution in [3.63, 3.8) is 0 Å². The number of rotatable bonds is 3. The lowest BCUT2D eigenvalue weighted by atomic mass is 10.1. The molecule has 18 heavy (non-hydrogen) atoms. The van der Waals surface area contributed by atoms with Crippen LogP contribution >= 0.6 is 0 Å². The van der Waals surface area contributed by atoms with E-state index in [1.807, 2.05) is 18.2 Å². The van der Waals surface area contributed by atoms with Crippen LogP contribution in [0.1, 0.15) is 21.5 Å². The molecule has 0 bridgehead atoms. The third kappa shape index (κ3) is 1.84. The highest BCUT2D eigenvalue weighted by atomic mass is 16.5. The fourth-order valence-corrected chi connectivity index (χ4v) is 2.02. The summed E-state index contributed by atoms with van der Waals surface area (Å²) >= 11 is 0. The summed E-state index contributed by atoms with van der Waals surface area (Å²) in [5.74, 6) is 0.649. The Hall–Kier alpha value is -2.30. The van der Waals surface area contributed by atoms with Crippen molar-refractivity contribution in [1.82, 2.24) is 10.1 Å². The Balaban J connectivity index is 1.77. The quantitative estimate of drug-likeness (QED) is 0.826. The predicted octanol–water partition coefficient (Wildman–Crippen LogP) is 1.84. The standard InChI is InChI=1S/C13H12N2O3/c1-15-6-10-3-2-9(4-12(10)13(15)16)7-17-11-5-14-18-8-11/h2-5,8H,6-7H2,1H3. The first-order chi connectivity index (χ1) is 8.74. The van der Waals surface area contributed by atoms with E-state index in [0.29, 0.717) is 18.9 Å². The van der Waals surface area contributed by atoms with Crippen molar-refractivity contribution in [3.8, 4) is 5.75 Å². The highest BCUT2D eigenvalue weighted by Gasteiger charge is 2.24. The summed E-state index contributed by atoms with van der Waals surface area (Å²) in [5, 5.41) is 3.55. The molecule has 0 N–H and O–H groups in total. The van der Waals surface area contributed by atoms with Crippen LogP contribution in [0, 0.1) is 0 Å². The Bertz CT molecular complexity index is 578. The first-order valence-electron chi connectivity index (χ1n) is 5.63. The molecule has 3 rings (SSSR count). The van der Waals surface area contributed by atoms with Crippen molar-refractivity contribution in [2.45, 2.75) is 13.2 Å². The Labute approximate surface area is 104 Å². The van der Waals surface area contributed by atoms with Crippen molar-refractivity contribution in [1.29, 1.82) is 0 Å². The fourth-order valence-electron chi connectivity index (χ4n) is 2.02. The molecule has 1 aromatic heterocycles. The SMILES string of the molecule is CN1Cc2ccc(COc3cnoc3)cc2C1=O. The van der Waals surface area contributed by atoms with Crippen LogP contribution in [0.25, 0.3) is 0 Å². The van der Waals surface area contributed by atoms with Crippen LogP contribution in [0.5, 0.6) is 5.75 Å². The average molecular weight is 244 g/mol. The monoisotopic (exact) mass is 244 g/mol. The van der Waals surface area contributed by atoms with Gasteiger partial charge in [-0.25, -0.2) is 0 Å². The van der Waals surface area contributed by atoms with Crippen LogP contribution in [0.15, 0.2) is 35.2 Å². The van der Waals surface area contributed by atoms with Crippen LogP contribution in [-0.2, 0) is 13.2 Å². The number of nitrogens with zero attached hydrogens (tertiary/aromatic N) is 2. The Morgan fingerprint density at radius 1 is 1.50 bits per heavy atom. The summed E-state index contributed by atoms with van der Waals surface area (Å²) in [6.07, 6.45) is 2.94. The molecule has 1 aromatic carbocycles. The van der Waals surface area contributed by atoms with E-state index in [-0.39, 0.29) is 5.91 Å². The van der Waals surface area contributed by atoms with Crippen molar-refractivity contribution in [3.05, 3.63) is 47.3 Å². The van der Waals surface area contributed by atoms with Crippen molar-refractivity contribution < 1.29 is 14.1 Å². The van der Waals surface area contributed by atoms with Crippen LogP contribution in [0.4, 0.5) is 0 Å². The van der Waals surface area contributed by atoms with E-state index >= 15 is 0 Å². The topological polar surface area (TPSA) is 55.6 Å². The molecule has 0 fully saturated rings. The van der Waals surface area contributed by atoms with Crippen molar-refractivity contribution in [2.24, 2.45) is 0 Å². The number of ether oxygens (including phenoxy) is 1. The number of benzene rings is 1. The van der Waals surface area contributed by atoms with Crippen LogP contribution in [0.2, 0.25) is 0 Å². The number of aromatic nitrogens is 1. The molecule has 0 saturated heterocycles. The van der Waals surface area contributed by atoms with Gasteiger partial charge in [0.1, 0.15) is 12.8 Å². The molecular weight excluding hydrogens is 232 g/mol. The van der Waals surface area contributed by atoms with E-state index < -0.39 is 0 Å². The summed E-state index contributed by atoms with van der Waals surface area (Å²) in [6, 6.07) is 5.83. The molecular formula is C13H12N2O3. The van der Waals surface area contributed by atoms with Crippen molar-refractivity contribution >= 4 is 5.91 Å². The summed E-state index contributed by atoms with van der Waals surface area (Å²) < 4.78 is 10.1. The second-order valence-electron chi connectivity index (χ2n) is 4.30. The average Bonchev–Trinajstić information content (AvgIpc) is 2.97. The summed E-state index contributed by atoms with van der Waals surface area (Å²) in [5.41, 5.74) is 2.79. The number of hydrogen-bond donors (Lipinski definition) is 0. The molecule has 5 heteroatoms. The smallest absolute Gasteiger partial charge is 0.254 e. The largest absolute Gasteiger partial charge is 0.484 e. The zero-order valence-electron chi connectivity index (χ0n) is 9.92. The van der Waals surface area contributed by atoms with Gasteiger partial charge in [-0.1, -0.05) is 17.3 Å². The second-order valence-corrected chi connectivity index (χ2v) is 4.30. The fraction of sp³-hybridized carbons (Fsp3) is 0.231. The van der Waals surface area contributed by atoms with E-state index in [4.69, 9.17) is 4.74 Å². The maximum atomic E-state index is 11.8. The van der Waals surface area contributed by atoms with Gasteiger partial charge in [-0.3, -0.25) is 4.79 Å². The normalized spacial score (nSPS) is 13.8. The molecule has 1 aliphatic heterocycles. The third-order valence-corrected chi connectivity index (χ3v) is 2.97. The molecule has 1 aliphatic rings. The Morgan fingerprint density at radius 2 is 2.39 bits per heavy atom. The van der Waals surface area contributed by atoms with Gasteiger partial charge >= 0.3 is 0 Å². The van der Waals surface area contributed by atoms with Crippen LogP contribution in [-0.4, -0.2) is 23.0 Å². The van der Waals surface area contributed by atoms with Crippen LogP contribution < -0.4 is 4.74 Å². The zero-order valence-corrected chi connectivity index (χ0v) is 9.92. The first kappa shape index (κ1) is 10.8. The van der Waals surface area contributed by atoms with E-state index in [2.05, 4.69) is 9.68 Å². The van der Waals surface area contributed by atoms with E-state index in [0.717, 1.165) is 16.7 Å². The molecule has 1 amide bonds. The second kappa shape index (κ2) is 4.18. The summed E-state index contributed by atoms with van der Waals surface area (Å²) in [6.45, 7) is 1.08. The predicted molar refractivity (Wildman–Crippen MR) is 63.1 cm³/mol. The molecule has 0 spiro atoms. The number of amides is 1. The van der Waals surface area contributed by atoms with Gasteiger partial charge in [0.15, 0.2) is 12.0 Å². The van der Waals surface area contributed by atoms with Gasteiger partial charge in [0.2, 0.25) is 0 Å². The summed E-state index contributed by atoms with van der Waals surface area (Å²) in [7, 11) is 1.80. The number of hydrogen-bond acceptors (Lipinski definition) is 4. The van der Waals surface area contributed by atoms with Crippen molar-refractivity contribution in [2.75, 3.05) is 7.05 Å². The molecule has 0 saturated carbocycles. The maximum absolute atomic E-state index is 11.8. The van der Waals surface area contributed by atoms with Crippen LogP contribution in [0.3, 0.4) is 0 Å². The lowest BCUT2D eigenvalue weighted by Gasteiger charge is -2.05. The zero-order chi connectivity index (χ0) is 12.5. The van der Waals surface area contributed by atoms with Gasteiger partial charge in [-0.15, -0.1) is 0 Å². The van der Waals surface area contributed by atoms with Gasteiger partial charge in [0.05, 0.1) is 0 Å². The number of carbonyl (C=O) groups is 1. The van der Waals surface area contributed by atoms with Gasteiger partial charge in [-0.05, 0) is 17.2 Å². The molecule has 2 heterocycles. The summed E-state index contributed by atoms with van der Waals surface area (Å²) in [4.78, 5) is 13.5. The lowest BCUT2D eigenvalue weighted by Crippen LogP contribution is -2.17. The minimum absolute atomic E-state index is 0.0665. The number of fused-ring (bicyclic) bond motifs is 1. The Kier molecular flexibility index (Phi) is 2.51. The van der Waals surface area contributed by atoms with Gasteiger partial charge in [-0.2, -0.15) is 0 Å². The molecule has 0 unspecified atom stereocenters. The van der Waals surface area contributed by atoms with E-state index in [1.54, 1.807) is 11.9 Å². The highest BCUT2D eigenvalue weighted by Crippen LogP contribution is 2.23.